The van der Waals surface area contributed by atoms with E-state index in [1.807, 2.05) is 13.8 Å². The molecule has 0 saturated carbocycles. The number of hydrogen-bond acceptors (Lipinski definition) is 6. The van der Waals surface area contributed by atoms with Crippen molar-refractivity contribution in [3.05, 3.63) is 95.1 Å². The van der Waals surface area contributed by atoms with Crippen LogP contribution in [0.25, 0.3) is 6.08 Å². The lowest BCUT2D eigenvalue weighted by Gasteiger charge is -2.27. The fourth-order valence-corrected chi connectivity index (χ4v) is 4.50. The zero-order valence-corrected chi connectivity index (χ0v) is 19.8. The number of aryl methyl sites for hydroxylation is 2. The Morgan fingerprint density at radius 1 is 0.914 bits per heavy atom. The van der Waals surface area contributed by atoms with Crippen molar-refractivity contribution in [2.45, 2.75) is 25.2 Å². The van der Waals surface area contributed by atoms with Gasteiger partial charge in [0.15, 0.2) is 0 Å². The van der Waals surface area contributed by atoms with Crippen molar-refractivity contribution >= 4 is 39.7 Å². The third-order valence-corrected chi connectivity index (χ3v) is 6.68. The number of imide groups is 2. The van der Waals surface area contributed by atoms with Gasteiger partial charge in [0.25, 0.3) is 11.8 Å². The average Bonchev–Trinajstić information content (AvgIpc) is 2.83. The minimum atomic E-state index is -4.02. The van der Waals surface area contributed by atoms with Crippen LogP contribution in [0.15, 0.2) is 83.3 Å². The Morgan fingerprint density at radius 3 is 2.23 bits per heavy atom. The summed E-state index contributed by atoms with van der Waals surface area (Å²) in [6.45, 7) is 3.75. The Hall–Kier alpha value is -4.24. The van der Waals surface area contributed by atoms with Crippen LogP contribution in [-0.2, 0) is 26.1 Å². The Kier molecular flexibility index (Phi) is 6.52. The maximum Gasteiger partial charge on any atom is 0.339 e. The van der Waals surface area contributed by atoms with E-state index < -0.39 is 28.0 Å². The Balaban J connectivity index is 1.59. The van der Waals surface area contributed by atoms with Gasteiger partial charge >= 0.3 is 16.1 Å². The van der Waals surface area contributed by atoms with Crippen LogP contribution < -0.4 is 14.4 Å². The van der Waals surface area contributed by atoms with Crippen LogP contribution >= 0.6 is 0 Å². The summed E-state index contributed by atoms with van der Waals surface area (Å²) in [6.07, 6.45) is 1.93. The molecule has 4 amide bonds. The minimum Gasteiger partial charge on any atom is -0.379 e. The van der Waals surface area contributed by atoms with Crippen molar-refractivity contribution in [1.29, 1.82) is 0 Å². The third kappa shape index (κ3) is 4.99. The second-order valence-electron chi connectivity index (χ2n) is 7.86. The van der Waals surface area contributed by atoms with Gasteiger partial charge in [0.1, 0.15) is 16.2 Å². The van der Waals surface area contributed by atoms with E-state index in [1.54, 1.807) is 36.4 Å². The molecule has 3 aromatic rings. The Labute approximate surface area is 203 Å². The molecule has 0 bridgehead atoms. The predicted molar refractivity (Wildman–Crippen MR) is 130 cm³/mol. The Bertz CT molecular complexity index is 1440. The third-order valence-electron chi connectivity index (χ3n) is 5.42. The molecule has 0 spiro atoms. The molecule has 0 aliphatic carbocycles. The lowest BCUT2D eigenvalue weighted by molar-refractivity contribution is -0.122. The normalized spacial score (nSPS) is 15.3. The van der Waals surface area contributed by atoms with Crippen LogP contribution in [-0.4, -0.2) is 26.3 Å². The van der Waals surface area contributed by atoms with Crippen LogP contribution in [0.1, 0.15) is 23.6 Å². The molecular weight excluding hydrogens is 468 g/mol. The Morgan fingerprint density at radius 2 is 1.57 bits per heavy atom. The minimum absolute atomic E-state index is 0.0240. The van der Waals surface area contributed by atoms with Crippen molar-refractivity contribution in [2.75, 3.05) is 4.90 Å². The van der Waals surface area contributed by atoms with Gasteiger partial charge in [0.2, 0.25) is 0 Å². The number of anilines is 1. The van der Waals surface area contributed by atoms with E-state index in [4.69, 9.17) is 4.18 Å². The number of nitrogens with one attached hydrogen (secondary N) is 1. The molecule has 1 heterocycles. The highest BCUT2D eigenvalue weighted by Gasteiger charge is 2.37. The quantitative estimate of drug-likeness (QED) is 0.318. The first-order valence-electron chi connectivity index (χ1n) is 10.8. The molecule has 1 aliphatic heterocycles. The monoisotopic (exact) mass is 490 g/mol. The molecule has 0 aromatic heterocycles. The smallest absolute Gasteiger partial charge is 0.339 e. The topological polar surface area (TPSA) is 110 Å². The van der Waals surface area contributed by atoms with E-state index in [0.29, 0.717) is 17.7 Å². The van der Waals surface area contributed by atoms with Crippen LogP contribution in [0.5, 0.6) is 5.75 Å². The largest absolute Gasteiger partial charge is 0.379 e. The molecule has 1 saturated heterocycles. The summed E-state index contributed by atoms with van der Waals surface area (Å²) in [5, 5.41) is 2.20. The highest BCUT2D eigenvalue weighted by Crippen LogP contribution is 2.26. The molecule has 1 N–H and O–H groups in total. The van der Waals surface area contributed by atoms with E-state index in [0.717, 1.165) is 16.0 Å². The van der Waals surface area contributed by atoms with E-state index in [-0.39, 0.29) is 16.2 Å². The predicted octanol–water partition coefficient (Wildman–Crippen LogP) is 3.99. The molecule has 9 heteroatoms. The first-order valence-corrected chi connectivity index (χ1v) is 12.2. The number of benzene rings is 3. The summed E-state index contributed by atoms with van der Waals surface area (Å²) >= 11 is 0. The van der Waals surface area contributed by atoms with Crippen LogP contribution in [0, 0.1) is 6.92 Å². The second kappa shape index (κ2) is 9.55. The summed E-state index contributed by atoms with van der Waals surface area (Å²) < 4.78 is 30.2. The first-order chi connectivity index (χ1) is 16.7. The van der Waals surface area contributed by atoms with Crippen LogP contribution in [0.2, 0.25) is 0 Å². The van der Waals surface area contributed by atoms with Gasteiger partial charge in [-0.05, 0) is 60.9 Å². The molecule has 3 aromatic carbocycles. The fraction of sp³-hybridized carbons (Fsp3) is 0.115. The van der Waals surface area contributed by atoms with Gasteiger partial charge in [-0.15, -0.1) is 0 Å². The SMILES string of the molecule is CCc1ccccc1N1C(=O)NC(=O)/C(=C/c2ccc(OS(=O)(=O)c3ccc(C)cc3)cc2)C1=O. The van der Waals surface area contributed by atoms with Crippen molar-refractivity contribution in [2.24, 2.45) is 0 Å². The molecule has 8 nitrogen and oxygen atoms in total. The first kappa shape index (κ1) is 23.9. The number of carbonyl (C=O) groups excluding carboxylic acids is 3. The van der Waals surface area contributed by atoms with Crippen molar-refractivity contribution < 1.29 is 27.0 Å². The lowest BCUT2D eigenvalue weighted by atomic mass is 10.0. The number of barbiturate groups is 1. The zero-order chi connectivity index (χ0) is 25.2. The molecular formula is C26H22N2O6S. The molecule has 1 fully saturated rings. The number of urea groups is 1. The number of nitrogens with zero attached hydrogens (tertiary/aromatic N) is 1. The summed E-state index contributed by atoms with van der Waals surface area (Å²) in [4.78, 5) is 39.0. The second-order valence-corrected chi connectivity index (χ2v) is 9.41. The molecule has 0 atom stereocenters. The number of amides is 4. The number of hydrogen-bond donors (Lipinski definition) is 1. The maximum atomic E-state index is 13.1. The van der Waals surface area contributed by atoms with Crippen molar-refractivity contribution in [3.8, 4) is 5.75 Å². The van der Waals surface area contributed by atoms with Gasteiger partial charge < -0.3 is 4.18 Å². The molecule has 0 unspecified atom stereocenters. The van der Waals surface area contributed by atoms with E-state index in [2.05, 4.69) is 5.32 Å². The van der Waals surface area contributed by atoms with Crippen LogP contribution in [0.3, 0.4) is 0 Å². The van der Waals surface area contributed by atoms with Crippen LogP contribution in [0.4, 0.5) is 10.5 Å². The van der Waals surface area contributed by atoms with E-state index >= 15 is 0 Å². The number of rotatable bonds is 6. The summed E-state index contributed by atoms with van der Waals surface area (Å²) in [6, 6.07) is 18.3. The van der Waals surface area contributed by atoms with Gasteiger partial charge in [-0.3, -0.25) is 14.9 Å². The van der Waals surface area contributed by atoms with Gasteiger partial charge in [-0.2, -0.15) is 8.42 Å². The van der Waals surface area contributed by atoms with Gasteiger partial charge in [-0.25, -0.2) is 9.69 Å². The van der Waals surface area contributed by atoms with Gasteiger partial charge in [-0.1, -0.05) is 55.0 Å². The molecule has 0 radical (unpaired) electrons. The summed E-state index contributed by atoms with van der Waals surface area (Å²) in [5.41, 5.74) is 2.32. The average molecular weight is 491 g/mol. The fourth-order valence-electron chi connectivity index (χ4n) is 3.57. The van der Waals surface area contributed by atoms with E-state index in [9.17, 15) is 22.8 Å². The van der Waals surface area contributed by atoms with Gasteiger partial charge in [0.05, 0.1) is 5.69 Å². The standard InChI is InChI=1S/C26H22N2O6S/c1-3-19-6-4-5-7-23(19)28-25(30)22(24(29)27-26(28)31)16-18-10-12-20(13-11-18)34-35(32,33)21-14-8-17(2)9-15-21/h4-16H,3H2,1-2H3,(H,27,29,31)/b22-16-. The van der Waals surface area contributed by atoms with Crippen molar-refractivity contribution in [3.63, 3.8) is 0 Å². The highest BCUT2D eigenvalue weighted by molar-refractivity contribution is 7.87. The highest BCUT2D eigenvalue weighted by atomic mass is 32.2. The molecule has 178 valence electrons. The van der Waals surface area contributed by atoms with E-state index in [1.165, 1.54) is 42.5 Å². The zero-order valence-electron chi connectivity index (χ0n) is 19.0. The number of carbonyl (C=O) groups is 3. The lowest BCUT2D eigenvalue weighted by Crippen LogP contribution is -2.54. The number of para-hydroxylation sites is 1. The van der Waals surface area contributed by atoms with Crippen molar-refractivity contribution in [1.82, 2.24) is 5.32 Å². The summed E-state index contributed by atoms with van der Waals surface area (Å²) in [5.74, 6) is -1.49. The molecule has 4 rings (SSSR count). The van der Waals surface area contributed by atoms with Gasteiger partial charge in [0, 0.05) is 0 Å². The maximum absolute atomic E-state index is 13.1. The molecule has 1 aliphatic rings. The summed E-state index contributed by atoms with van der Waals surface area (Å²) in [7, 11) is -4.02. The molecule has 35 heavy (non-hydrogen) atoms.